The number of aryl methyl sites for hydroxylation is 2. The maximum absolute atomic E-state index is 16.9. The highest BCUT2D eigenvalue weighted by Crippen LogP contribution is 2.41. The molecule has 0 spiro atoms. The number of carbonyl (C=O) groups excluding carboxylic acids is 3. The Balaban J connectivity index is 1.33. The summed E-state index contributed by atoms with van der Waals surface area (Å²) in [5, 5.41) is 10.5. The molecule has 1 aliphatic heterocycles. The average molecular weight is 807 g/mol. The Morgan fingerprint density at radius 3 is 2.26 bits per heavy atom. The number of alkyl halides is 3. The van der Waals surface area contributed by atoms with Crippen LogP contribution < -0.4 is 15.5 Å². The van der Waals surface area contributed by atoms with Gasteiger partial charge in [-0.15, -0.1) is 0 Å². The fourth-order valence-corrected chi connectivity index (χ4v) is 6.93. The van der Waals surface area contributed by atoms with Gasteiger partial charge in [-0.25, -0.2) is 28.6 Å². The fraction of sp³-hybridized carbons (Fsp3) is 0.415. The Kier molecular flexibility index (Phi) is 11.8. The standard InChI is InChI=1S/C41H46F4N8O5/c1-8-24-11-10-12-25(9-2)34(24)53-35(29-20-52(16-14-31(29)51-53)38-47-18-27(19-48-38)41(43,44)45)32-28-13-15-46-33(28)26(17-30(32)42)21-57-37(55)23(4)49-36(54)22(3)50-39(56)58-40(5,6)7/h10-13,15,17-19,22-23,46H,8-9,14,16,20-21H2,1-7H3,(H,49,54)(H,50,56)/t22-,23-/m0/s1. The molecular weight excluding hydrogens is 760 g/mol. The van der Waals surface area contributed by atoms with Crippen LogP contribution in [0.5, 0.6) is 0 Å². The number of nitrogens with zero attached hydrogens (tertiary/aromatic N) is 5. The van der Waals surface area contributed by atoms with E-state index in [0.29, 0.717) is 59.2 Å². The molecule has 0 unspecified atom stereocenters. The van der Waals surface area contributed by atoms with Crippen molar-refractivity contribution < 1.29 is 41.4 Å². The summed E-state index contributed by atoms with van der Waals surface area (Å²) >= 11 is 0. The molecule has 0 aliphatic carbocycles. The predicted molar refractivity (Wildman–Crippen MR) is 208 cm³/mol. The van der Waals surface area contributed by atoms with E-state index in [4.69, 9.17) is 14.6 Å². The minimum absolute atomic E-state index is 0.101. The molecule has 58 heavy (non-hydrogen) atoms. The molecule has 0 radical (unpaired) electrons. The van der Waals surface area contributed by atoms with E-state index in [0.717, 1.165) is 29.2 Å². The number of para-hydroxylation sites is 1. The first-order valence-electron chi connectivity index (χ1n) is 19.0. The molecule has 17 heteroatoms. The summed E-state index contributed by atoms with van der Waals surface area (Å²) in [4.78, 5) is 50.9. The van der Waals surface area contributed by atoms with Crippen LogP contribution in [0.1, 0.15) is 82.0 Å². The molecule has 0 bridgehead atoms. The van der Waals surface area contributed by atoms with Gasteiger partial charge in [-0.2, -0.15) is 18.3 Å². The number of H-pyrrole nitrogens is 1. The molecule has 2 aromatic carbocycles. The number of anilines is 1. The van der Waals surface area contributed by atoms with E-state index in [-0.39, 0.29) is 24.7 Å². The van der Waals surface area contributed by atoms with Crippen molar-refractivity contribution in [3.63, 3.8) is 0 Å². The molecule has 4 heterocycles. The molecule has 0 fully saturated rings. The number of benzene rings is 2. The van der Waals surface area contributed by atoms with Crippen LogP contribution in [-0.2, 0) is 57.7 Å². The van der Waals surface area contributed by atoms with E-state index in [1.807, 2.05) is 32.0 Å². The lowest BCUT2D eigenvalue weighted by Gasteiger charge is -2.27. The molecule has 3 N–H and O–H groups in total. The van der Waals surface area contributed by atoms with Crippen molar-refractivity contribution in [2.75, 3.05) is 11.4 Å². The Labute approximate surface area is 332 Å². The van der Waals surface area contributed by atoms with Crippen LogP contribution in [0.15, 0.2) is 48.9 Å². The first-order valence-corrected chi connectivity index (χ1v) is 19.0. The minimum atomic E-state index is -4.59. The van der Waals surface area contributed by atoms with Gasteiger partial charge in [0.1, 0.15) is 30.1 Å². The highest BCUT2D eigenvalue weighted by atomic mass is 19.4. The van der Waals surface area contributed by atoms with Crippen molar-refractivity contribution in [1.82, 2.24) is 35.4 Å². The van der Waals surface area contributed by atoms with Crippen LogP contribution in [0.25, 0.3) is 27.8 Å². The largest absolute Gasteiger partial charge is 0.459 e. The van der Waals surface area contributed by atoms with Gasteiger partial charge in [-0.3, -0.25) is 4.79 Å². The van der Waals surface area contributed by atoms with Gasteiger partial charge >= 0.3 is 18.2 Å². The van der Waals surface area contributed by atoms with Gasteiger partial charge in [-0.1, -0.05) is 32.0 Å². The minimum Gasteiger partial charge on any atom is -0.459 e. The Morgan fingerprint density at radius 2 is 1.64 bits per heavy atom. The summed E-state index contributed by atoms with van der Waals surface area (Å²) in [6, 6.07) is 6.86. The number of nitrogens with one attached hydrogen (secondary N) is 3. The molecule has 2 atom stereocenters. The summed E-state index contributed by atoms with van der Waals surface area (Å²) in [7, 11) is 0. The van der Waals surface area contributed by atoms with Crippen molar-refractivity contribution in [2.45, 2.75) is 105 Å². The van der Waals surface area contributed by atoms with E-state index in [1.165, 1.54) is 19.9 Å². The molecule has 0 saturated carbocycles. The fourth-order valence-electron chi connectivity index (χ4n) is 6.93. The van der Waals surface area contributed by atoms with E-state index in [2.05, 4.69) is 25.6 Å². The van der Waals surface area contributed by atoms with Crippen LogP contribution in [0, 0.1) is 5.82 Å². The Morgan fingerprint density at radius 1 is 0.966 bits per heavy atom. The molecular formula is C41H46F4N8O5. The smallest absolute Gasteiger partial charge is 0.419 e. The summed E-state index contributed by atoms with van der Waals surface area (Å²) in [5.41, 5.74) is 3.98. The summed E-state index contributed by atoms with van der Waals surface area (Å²) in [6.45, 7) is 12.2. The zero-order valence-corrected chi connectivity index (χ0v) is 33.3. The highest BCUT2D eigenvalue weighted by molar-refractivity contribution is 5.98. The lowest BCUT2D eigenvalue weighted by molar-refractivity contribution is -0.148. The predicted octanol–water partition coefficient (Wildman–Crippen LogP) is 7.12. The first-order chi connectivity index (χ1) is 27.4. The first kappa shape index (κ1) is 41.6. The van der Waals surface area contributed by atoms with Crippen molar-refractivity contribution in [3.8, 4) is 16.9 Å². The van der Waals surface area contributed by atoms with Gasteiger partial charge in [0.05, 0.1) is 28.2 Å². The van der Waals surface area contributed by atoms with Crippen LogP contribution in [0.3, 0.4) is 0 Å². The van der Waals surface area contributed by atoms with Crippen LogP contribution >= 0.6 is 0 Å². The molecule has 5 aromatic rings. The van der Waals surface area contributed by atoms with Crippen LogP contribution in [-0.4, -0.2) is 66.9 Å². The van der Waals surface area contributed by atoms with Crippen LogP contribution in [0.2, 0.25) is 0 Å². The lowest BCUT2D eigenvalue weighted by atomic mass is 9.95. The third-order valence-corrected chi connectivity index (χ3v) is 9.78. The molecule has 3 aromatic heterocycles. The number of aromatic amines is 1. The van der Waals surface area contributed by atoms with E-state index in [9.17, 15) is 27.6 Å². The zero-order valence-electron chi connectivity index (χ0n) is 33.3. The third kappa shape index (κ3) is 8.77. The quantitative estimate of drug-likeness (QED) is 0.0935. The summed E-state index contributed by atoms with van der Waals surface area (Å²) in [6.07, 6.45) is -0.502. The summed E-state index contributed by atoms with van der Waals surface area (Å²) in [5.74, 6) is -1.95. The summed E-state index contributed by atoms with van der Waals surface area (Å²) < 4.78 is 69.4. The second-order valence-electron chi connectivity index (χ2n) is 15.1. The Hall–Kier alpha value is -6.00. The van der Waals surface area contributed by atoms with E-state index < -0.39 is 53.2 Å². The van der Waals surface area contributed by atoms with E-state index >= 15 is 4.39 Å². The van der Waals surface area contributed by atoms with Gasteiger partial charge in [0, 0.05) is 60.2 Å². The second-order valence-corrected chi connectivity index (χ2v) is 15.1. The molecule has 6 rings (SSSR count). The zero-order chi connectivity index (χ0) is 42.1. The van der Waals surface area contributed by atoms with Gasteiger partial charge in [0.15, 0.2) is 0 Å². The van der Waals surface area contributed by atoms with Crippen molar-refractivity contribution in [3.05, 3.63) is 88.3 Å². The monoisotopic (exact) mass is 806 g/mol. The maximum Gasteiger partial charge on any atom is 0.419 e. The number of hydrogen-bond donors (Lipinski definition) is 3. The Bertz CT molecular complexity index is 2310. The normalized spacial score (nSPS) is 14.2. The van der Waals surface area contributed by atoms with Crippen molar-refractivity contribution in [2.24, 2.45) is 0 Å². The molecule has 0 saturated heterocycles. The molecule has 2 amide bonds. The number of fused-ring (bicyclic) bond motifs is 2. The maximum atomic E-state index is 16.9. The molecule has 308 valence electrons. The van der Waals surface area contributed by atoms with Crippen molar-refractivity contribution >= 4 is 34.8 Å². The second kappa shape index (κ2) is 16.5. The average Bonchev–Trinajstić information content (AvgIpc) is 3.80. The number of esters is 1. The molecule has 13 nitrogen and oxygen atoms in total. The third-order valence-electron chi connectivity index (χ3n) is 9.78. The number of halogens is 4. The van der Waals surface area contributed by atoms with Gasteiger partial charge in [0.25, 0.3) is 0 Å². The van der Waals surface area contributed by atoms with Crippen LogP contribution in [0.4, 0.5) is 28.3 Å². The number of hydrogen-bond acceptors (Lipinski definition) is 9. The number of amides is 2. The SMILES string of the molecule is CCc1cccc(CC)c1-n1nc2c(c1-c1c(F)cc(COC(=O)[C@H](C)NC(=O)[C@H](C)NC(=O)OC(C)(C)C)c3[nH]ccc13)CN(c1ncc(C(F)(F)F)cn1)CC2. The topological polar surface area (TPSA) is 156 Å². The number of aromatic nitrogens is 5. The van der Waals surface area contributed by atoms with Crippen molar-refractivity contribution in [1.29, 1.82) is 0 Å². The number of rotatable bonds is 11. The highest BCUT2D eigenvalue weighted by Gasteiger charge is 2.34. The molecule has 1 aliphatic rings. The number of carbonyl (C=O) groups is 3. The van der Waals surface area contributed by atoms with Gasteiger partial charge in [-0.05, 0) is 70.7 Å². The number of ether oxygens (including phenoxy) is 2. The van der Waals surface area contributed by atoms with Gasteiger partial charge < -0.3 is 30.0 Å². The van der Waals surface area contributed by atoms with Gasteiger partial charge in [0.2, 0.25) is 11.9 Å². The lowest BCUT2D eigenvalue weighted by Crippen LogP contribution is -2.50. The van der Waals surface area contributed by atoms with E-state index in [1.54, 1.807) is 42.6 Å². The number of alkyl carbamates (subject to hydrolysis) is 1.